The van der Waals surface area contributed by atoms with Crippen molar-refractivity contribution < 1.29 is 17.9 Å². The van der Waals surface area contributed by atoms with Crippen LogP contribution in [0.15, 0.2) is 35.4 Å². The van der Waals surface area contributed by atoms with Crippen LogP contribution in [-0.4, -0.2) is 31.0 Å². The van der Waals surface area contributed by atoms with Crippen LogP contribution in [0.4, 0.5) is 11.6 Å². The minimum atomic E-state index is -3.79. The zero-order chi connectivity index (χ0) is 17.0. The third-order valence-electron chi connectivity index (χ3n) is 3.01. The van der Waals surface area contributed by atoms with E-state index >= 15 is 0 Å². The Labute approximate surface area is 134 Å². The number of aryl methyl sites for hydroxylation is 1. The lowest BCUT2D eigenvalue weighted by atomic mass is 10.3. The van der Waals surface area contributed by atoms with E-state index in [2.05, 4.69) is 15.0 Å². The van der Waals surface area contributed by atoms with Gasteiger partial charge < -0.3 is 14.6 Å². The fourth-order valence-corrected chi connectivity index (χ4v) is 2.93. The lowest BCUT2D eigenvalue weighted by molar-refractivity contribution is -0.114. The molecule has 23 heavy (non-hydrogen) atoms. The number of amides is 1. The van der Waals surface area contributed by atoms with Crippen LogP contribution in [0, 0.1) is 0 Å². The third-order valence-corrected chi connectivity index (χ3v) is 4.36. The van der Waals surface area contributed by atoms with E-state index in [0.29, 0.717) is 18.1 Å². The van der Waals surface area contributed by atoms with Crippen molar-refractivity contribution in [2.75, 3.05) is 17.1 Å². The molecule has 0 saturated carbocycles. The van der Waals surface area contributed by atoms with Gasteiger partial charge in [-0.3, -0.25) is 4.79 Å². The van der Waals surface area contributed by atoms with Crippen molar-refractivity contribution in [3.8, 4) is 5.88 Å². The van der Waals surface area contributed by atoms with Gasteiger partial charge in [0, 0.05) is 19.2 Å². The van der Waals surface area contributed by atoms with Gasteiger partial charge in [0.15, 0.2) is 0 Å². The Balaban J connectivity index is 2.25. The number of hydrogen-bond donors (Lipinski definition) is 2. The van der Waals surface area contributed by atoms with Gasteiger partial charge in [-0.15, -0.1) is 0 Å². The fourth-order valence-electron chi connectivity index (χ4n) is 1.91. The van der Waals surface area contributed by atoms with Gasteiger partial charge in [0.2, 0.25) is 17.7 Å². The van der Waals surface area contributed by atoms with Gasteiger partial charge in [0.25, 0.3) is 10.0 Å². The number of carbonyl (C=O) groups excluding carboxylic acids is 1. The Morgan fingerprint density at radius 3 is 2.48 bits per heavy atom. The van der Waals surface area contributed by atoms with Gasteiger partial charge in [-0.2, -0.15) is 4.98 Å². The van der Waals surface area contributed by atoms with Crippen LogP contribution >= 0.6 is 0 Å². The second-order valence-electron chi connectivity index (χ2n) is 4.70. The Morgan fingerprint density at radius 2 is 1.96 bits per heavy atom. The van der Waals surface area contributed by atoms with E-state index in [-0.39, 0.29) is 16.8 Å². The molecule has 0 unspecified atom stereocenters. The van der Waals surface area contributed by atoms with Gasteiger partial charge >= 0.3 is 0 Å². The van der Waals surface area contributed by atoms with Crippen molar-refractivity contribution in [2.45, 2.75) is 25.3 Å². The van der Waals surface area contributed by atoms with Crippen molar-refractivity contribution in [1.82, 2.24) is 9.55 Å². The standard InChI is InChI=1S/C14H18N4O4S/c1-4-18-9-13(22-3)16-14(18)17-23(20,21)12-7-5-11(6-8-12)15-10(2)19/h5-9H,4H2,1-3H3,(H,15,19)(H,16,17). The monoisotopic (exact) mass is 338 g/mol. The predicted molar refractivity (Wildman–Crippen MR) is 86.0 cm³/mol. The quantitative estimate of drug-likeness (QED) is 0.834. The Morgan fingerprint density at radius 1 is 1.30 bits per heavy atom. The summed E-state index contributed by atoms with van der Waals surface area (Å²) < 4.78 is 33.9. The largest absolute Gasteiger partial charge is 0.480 e. The lowest BCUT2D eigenvalue weighted by Crippen LogP contribution is -2.16. The Hall–Kier alpha value is -2.55. The molecule has 124 valence electrons. The van der Waals surface area contributed by atoms with Crippen LogP contribution in [0.25, 0.3) is 0 Å². The maximum absolute atomic E-state index is 12.4. The van der Waals surface area contributed by atoms with E-state index in [1.54, 1.807) is 10.8 Å². The number of hydrogen-bond acceptors (Lipinski definition) is 5. The second-order valence-corrected chi connectivity index (χ2v) is 6.39. The average Bonchev–Trinajstić information content (AvgIpc) is 2.88. The van der Waals surface area contributed by atoms with E-state index in [1.807, 2.05) is 6.92 Å². The molecule has 0 bridgehead atoms. The molecule has 0 aliphatic heterocycles. The second kappa shape index (κ2) is 6.69. The number of sulfonamides is 1. The highest BCUT2D eigenvalue weighted by Crippen LogP contribution is 2.20. The highest BCUT2D eigenvalue weighted by atomic mass is 32.2. The summed E-state index contributed by atoms with van der Waals surface area (Å²) in [6, 6.07) is 5.85. The molecule has 0 fully saturated rings. The molecule has 0 radical (unpaired) electrons. The molecule has 1 heterocycles. The van der Waals surface area contributed by atoms with Crippen LogP contribution in [0.2, 0.25) is 0 Å². The van der Waals surface area contributed by atoms with Crippen LogP contribution in [0.5, 0.6) is 5.88 Å². The van der Waals surface area contributed by atoms with Crippen LogP contribution < -0.4 is 14.8 Å². The zero-order valence-electron chi connectivity index (χ0n) is 13.0. The van der Waals surface area contributed by atoms with Crippen molar-refractivity contribution in [2.24, 2.45) is 0 Å². The van der Waals surface area contributed by atoms with E-state index in [0.717, 1.165) is 0 Å². The molecule has 2 rings (SSSR count). The van der Waals surface area contributed by atoms with Gasteiger partial charge in [0.05, 0.1) is 18.2 Å². The van der Waals surface area contributed by atoms with Crippen molar-refractivity contribution in [1.29, 1.82) is 0 Å². The molecule has 0 saturated heterocycles. The third kappa shape index (κ3) is 4.01. The number of anilines is 2. The van der Waals surface area contributed by atoms with E-state index < -0.39 is 10.0 Å². The molecule has 8 nitrogen and oxygen atoms in total. The summed E-state index contributed by atoms with van der Waals surface area (Å²) in [5, 5.41) is 2.58. The number of imidazole rings is 1. The number of benzene rings is 1. The molecular formula is C14H18N4O4S. The number of carbonyl (C=O) groups is 1. The smallest absolute Gasteiger partial charge is 0.264 e. The van der Waals surface area contributed by atoms with Gasteiger partial charge in [-0.25, -0.2) is 13.1 Å². The average molecular weight is 338 g/mol. The van der Waals surface area contributed by atoms with Crippen molar-refractivity contribution in [3.63, 3.8) is 0 Å². The minimum absolute atomic E-state index is 0.0659. The summed E-state index contributed by atoms with van der Waals surface area (Å²) >= 11 is 0. The molecule has 1 amide bonds. The molecule has 0 atom stereocenters. The Kier molecular flexibility index (Phi) is 4.89. The predicted octanol–water partition coefficient (Wildman–Crippen LogP) is 1.67. The first kappa shape index (κ1) is 16.8. The van der Waals surface area contributed by atoms with Crippen LogP contribution in [0.3, 0.4) is 0 Å². The maximum Gasteiger partial charge on any atom is 0.264 e. The van der Waals surface area contributed by atoms with E-state index in [9.17, 15) is 13.2 Å². The van der Waals surface area contributed by atoms with E-state index in [1.165, 1.54) is 38.3 Å². The highest BCUT2D eigenvalue weighted by Gasteiger charge is 2.18. The highest BCUT2D eigenvalue weighted by molar-refractivity contribution is 7.92. The van der Waals surface area contributed by atoms with Crippen LogP contribution in [0.1, 0.15) is 13.8 Å². The maximum atomic E-state index is 12.4. The number of nitrogens with zero attached hydrogens (tertiary/aromatic N) is 2. The summed E-state index contributed by atoms with van der Waals surface area (Å²) in [5.41, 5.74) is 0.521. The van der Waals surface area contributed by atoms with Gasteiger partial charge in [0.1, 0.15) is 0 Å². The first-order valence-corrected chi connectivity index (χ1v) is 8.35. The molecular weight excluding hydrogens is 320 g/mol. The fraction of sp³-hybridized carbons (Fsp3) is 0.286. The summed E-state index contributed by atoms with van der Waals surface area (Å²) in [7, 11) is -2.33. The summed E-state index contributed by atoms with van der Waals surface area (Å²) in [6.45, 7) is 3.78. The minimum Gasteiger partial charge on any atom is -0.480 e. The molecule has 9 heteroatoms. The summed E-state index contributed by atoms with van der Waals surface area (Å²) in [5.74, 6) is 0.275. The molecule has 2 N–H and O–H groups in total. The first-order valence-electron chi connectivity index (χ1n) is 6.87. The van der Waals surface area contributed by atoms with Crippen molar-refractivity contribution >= 4 is 27.6 Å². The SMILES string of the molecule is CCn1cc(OC)nc1NS(=O)(=O)c1ccc(NC(C)=O)cc1. The van der Waals surface area contributed by atoms with Gasteiger partial charge in [-0.05, 0) is 31.2 Å². The first-order chi connectivity index (χ1) is 10.9. The molecule has 0 aliphatic carbocycles. The number of ether oxygens (including phenoxy) is 1. The Bertz CT molecular complexity index is 797. The molecule has 2 aromatic rings. The topological polar surface area (TPSA) is 102 Å². The molecule has 0 spiro atoms. The summed E-state index contributed by atoms with van der Waals surface area (Å²) in [4.78, 5) is 15.1. The number of methoxy groups -OCH3 is 1. The zero-order valence-corrected chi connectivity index (χ0v) is 13.8. The summed E-state index contributed by atoms with van der Waals surface area (Å²) in [6.07, 6.45) is 1.61. The van der Waals surface area contributed by atoms with Gasteiger partial charge in [-0.1, -0.05) is 0 Å². The molecule has 1 aromatic carbocycles. The number of nitrogens with one attached hydrogen (secondary N) is 2. The molecule has 1 aromatic heterocycles. The van der Waals surface area contributed by atoms with Crippen LogP contribution in [-0.2, 0) is 21.4 Å². The normalized spacial score (nSPS) is 11.1. The van der Waals surface area contributed by atoms with Crippen molar-refractivity contribution in [3.05, 3.63) is 30.5 Å². The number of rotatable bonds is 6. The van der Waals surface area contributed by atoms with E-state index in [4.69, 9.17) is 4.74 Å². The lowest BCUT2D eigenvalue weighted by Gasteiger charge is -2.09. The molecule has 0 aliphatic rings. The number of aromatic nitrogens is 2.